The third kappa shape index (κ3) is 3.70. The number of H-pyrrole nitrogens is 2. The van der Waals surface area contributed by atoms with Gasteiger partial charge in [0.15, 0.2) is 5.82 Å². The first kappa shape index (κ1) is 18.5. The van der Waals surface area contributed by atoms with Crippen molar-refractivity contribution < 1.29 is 4.79 Å². The van der Waals surface area contributed by atoms with E-state index in [0.717, 1.165) is 47.2 Å². The van der Waals surface area contributed by atoms with Gasteiger partial charge in [0.2, 0.25) is 5.91 Å². The third-order valence-electron chi connectivity index (χ3n) is 5.89. The van der Waals surface area contributed by atoms with Crippen molar-refractivity contribution >= 4 is 22.6 Å². The van der Waals surface area contributed by atoms with Crippen molar-refractivity contribution in [3.05, 3.63) is 71.6 Å². The Balaban J connectivity index is 1.17. The van der Waals surface area contributed by atoms with E-state index in [1.54, 1.807) is 6.20 Å². The van der Waals surface area contributed by atoms with E-state index >= 15 is 0 Å². The average molecular weight is 400 g/mol. The predicted molar refractivity (Wildman–Crippen MR) is 115 cm³/mol. The summed E-state index contributed by atoms with van der Waals surface area (Å²) in [4.78, 5) is 24.7. The number of carbonyl (C=O) groups is 1. The molecule has 4 aromatic rings. The fraction of sp³-hybridized carbons (Fsp3) is 0.304. The van der Waals surface area contributed by atoms with Gasteiger partial charge in [0.1, 0.15) is 5.82 Å². The van der Waals surface area contributed by atoms with E-state index in [1.807, 2.05) is 42.6 Å². The van der Waals surface area contributed by atoms with Crippen molar-refractivity contribution in [3.8, 4) is 0 Å². The Labute approximate surface area is 174 Å². The van der Waals surface area contributed by atoms with Gasteiger partial charge in [0.25, 0.3) is 0 Å². The lowest BCUT2D eigenvalue weighted by Crippen LogP contribution is -2.21. The number of nitrogens with zero attached hydrogens (tertiary/aromatic N) is 3. The van der Waals surface area contributed by atoms with Gasteiger partial charge in [0.05, 0.1) is 11.9 Å². The molecule has 7 nitrogen and oxygen atoms in total. The van der Waals surface area contributed by atoms with Crippen LogP contribution in [0.15, 0.2) is 48.8 Å². The number of nitrogens with one attached hydrogen (secondary N) is 3. The zero-order valence-electron chi connectivity index (χ0n) is 16.9. The number of fused-ring (bicyclic) bond motifs is 1. The molecule has 152 valence electrons. The number of carbonyl (C=O) groups excluding carboxylic acids is 1. The molecule has 1 aliphatic carbocycles. The molecule has 0 atom stereocenters. The second-order valence-corrected chi connectivity index (χ2v) is 7.98. The Morgan fingerprint density at radius 2 is 2.07 bits per heavy atom. The van der Waals surface area contributed by atoms with Crippen molar-refractivity contribution in [3.63, 3.8) is 0 Å². The number of aromatic amines is 2. The summed E-state index contributed by atoms with van der Waals surface area (Å²) in [6, 6.07) is 11.7. The first-order valence-electron chi connectivity index (χ1n) is 10.4. The van der Waals surface area contributed by atoms with Crippen LogP contribution in [0.25, 0.3) is 10.9 Å². The van der Waals surface area contributed by atoms with Crippen LogP contribution in [0, 0.1) is 0 Å². The molecule has 0 saturated heterocycles. The SMILES string of the molecule is CCc1cnc([C@H]2C[C@@H](c3cc(NC(=O)Cc4ccc5ncccc5c4)n[nH]3)C2)[nH]1. The first-order valence-corrected chi connectivity index (χ1v) is 10.4. The Hall–Kier alpha value is -3.48. The molecule has 1 amide bonds. The molecule has 1 aromatic carbocycles. The van der Waals surface area contributed by atoms with Gasteiger partial charge < -0.3 is 10.3 Å². The highest BCUT2D eigenvalue weighted by atomic mass is 16.1. The second-order valence-electron chi connectivity index (χ2n) is 7.98. The van der Waals surface area contributed by atoms with Crippen molar-refractivity contribution in [2.75, 3.05) is 5.32 Å². The molecule has 1 aliphatic rings. The molecule has 3 N–H and O–H groups in total. The van der Waals surface area contributed by atoms with E-state index < -0.39 is 0 Å². The minimum Gasteiger partial charge on any atom is -0.346 e. The molecular weight excluding hydrogens is 376 g/mol. The number of benzene rings is 1. The largest absolute Gasteiger partial charge is 0.346 e. The van der Waals surface area contributed by atoms with Crippen molar-refractivity contribution in [2.24, 2.45) is 0 Å². The van der Waals surface area contributed by atoms with Gasteiger partial charge in [-0.15, -0.1) is 0 Å². The maximum Gasteiger partial charge on any atom is 0.229 e. The summed E-state index contributed by atoms with van der Waals surface area (Å²) in [5.74, 6) is 2.48. The highest BCUT2D eigenvalue weighted by Gasteiger charge is 2.34. The van der Waals surface area contributed by atoms with Gasteiger partial charge in [-0.3, -0.25) is 14.9 Å². The molecule has 3 aromatic heterocycles. The van der Waals surface area contributed by atoms with E-state index in [1.165, 1.54) is 5.69 Å². The lowest BCUT2D eigenvalue weighted by Gasteiger charge is -2.33. The Bertz CT molecular complexity index is 1190. The van der Waals surface area contributed by atoms with E-state index in [-0.39, 0.29) is 5.91 Å². The van der Waals surface area contributed by atoms with E-state index in [4.69, 9.17) is 0 Å². The summed E-state index contributed by atoms with van der Waals surface area (Å²) < 4.78 is 0. The standard InChI is InChI=1S/C23H24N6O/c1-2-18-13-25-23(26-18)17-10-16(11-17)20-12-21(29-28-20)27-22(30)9-14-5-6-19-15(8-14)4-3-7-24-19/h3-8,12-13,16-17H,2,9-11H2,1H3,(H,25,26)(H2,27,28,29,30)/t16-,17+. The van der Waals surface area contributed by atoms with Gasteiger partial charge >= 0.3 is 0 Å². The number of amides is 1. The maximum atomic E-state index is 12.5. The number of rotatable bonds is 6. The summed E-state index contributed by atoms with van der Waals surface area (Å²) >= 11 is 0. The van der Waals surface area contributed by atoms with E-state index in [9.17, 15) is 4.79 Å². The molecule has 3 heterocycles. The minimum atomic E-state index is -0.0783. The number of aryl methyl sites for hydroxylation is 1. The van der Waals surface area contributed by atoms with E-state index in [2.05, 4.69) is 37.4 Å². The van der Waals surface area contributed by atoms with Crippen LogP contribution in [0.3, 0.4) is 0 Å². The summed E-state index contributed by atoms with van der Waals surface area (Å²) in [6.45, 7) is 2.12. The number of aromatic nitrogens is 5. The van der Waals surface area contributed by atoms with Crippen LogP contribution in [-0.4, -0.2) is 31.1 Å². The molecule has 0 spiro atoms. The quantitative estimate of drug-likeness (QED) is 0.454. The summed E-state index contributed by atoms with van der Waals surface area (Å²) in [5.41, 5.74) is 4.14. The zero-order chi connectivity index (χ0) is 20.5. The average Bonchev–Trinajstić information content (AvgIpc) is 3.37. The number of hydrogen-bond donors (Lipinski definition) is 3. The number of anilines is 1. The first-order chi connectivity index (χ1) is 14.7. The fourth-order valence-corrected chi connectivity index (χ4v) is 4.08. The van der Waals surface area contributed by atoms with Gasteiger partial charge in [-0.1, -0.05) is 19.1 Å². The lowest BCUT2D eigenvalue weighted by atomic mass is 9.73. The molecule has 1 saturated carbocycles. The molecule has 0 radical (unpaired) electrons. The highest BCUT2D eigenvalue weighted by Crippen LogP contribution is 2.46. The van der Waals surface area contributed by atoms with Crippen LogP contribution in [0.4, 0.5) is 5.82 Å². The summed E-state index contributed by atoms with van der Waals surface area (Å²) in [7, 11) is 0. The second kappa shape index (κ2) is 7.74. The van der Waals surface area contributed by atoms with Crippen LogP contribution in [-0.2, 0) is 17.6 Å². The van der Waals surface area contributed by atoms with Crippen LogP contribution >= 0.6 is 0 Å². The summed E-state index contributed by atoms with van der Waals surface area (Å²) in [6.07, 6.45) is 7.05. The van der Waals surface area contributed by atoms with E-state index in [0.29, 0.717) is 24.1 Å². The highest BCUT2D eigenvalue weighted by molar-refractivity contribution is 5.92. The van der Waals surface area contributed by atoms with Gasteiger partial charge in [-0.25, -0.2) is 4.98 Å². The number of hydrogen-bond acceptors (Lipinski definition) is 4. The van der Waals surface area contributed by atoms with Crippen LogP contribution in [0.5, 0.6) is 0 Å². The molecule has 7 heteroatoms. The Morgan fingerprint density at radius 3 is 2.90 bits per heavy atom. The molecule has 0 aliphatic heterocycles. The maximum absolute atomic E-state index is 12.5. The molecule has 5 rings (SSSR count). The molecular formula is C23H24N6O. The molecule has 0 bridgehead atoms. The van der Waals surface area contributed by atoms with Gasteiger partial charge in [-0.05, 0) is 43.0 Å². The smallest absolute Gasteiger partial charge is 0.229 e. The number of imidazole rings is 1. The predicted octanol–water partition coefficient (Wildman–Crippen LogP) is 4.09. The molecule has 0 unspecified atom stereocenters. The van der Waals surface area contributed by atoms with Gasteiger partial charge in [-0.2, -0.15) is 5.10 Å². The van der Waals surface area contributed by atoms with Crippen molar-refractivity contribution in [1.29, 1.82) is 0 Å². The van der Waals surface area contributed by atoms with Crippen molar-refractivity contribution in [1.82, 2.24) is 25.1 Å². The van der Waals surface area contributed by atoms with Crippen LogP contribution in [0.1, 0.15) is 54.4 Å². The lowest BCUT2D eigenvalue weighted by molar-refractivity contribution is -0.115. The molecule has 1 fully saturated rings. The fourth-order valence-electron chi connectivity index (χ4n) is 4.08. The third-order valence-corrected chi connectivity index (χ3v) is 5.89. The van der Waals surface area contributed by atoms with Crippen LogP contribution < -0.4 is 5.32 Å². The topological polar surface area (TPSA) is 99.3 Å². The Morgan fingerprint density at radius 1 is 1.17 bits per heavy atom. The Kier molecular flexibility index (Phi) is 4.78. The zero-order valence-corrected chi connectivity index (χ0v) is 16.9. The summed E-state index contributed by atoms with van der Waals surface area (Å²) in [5, 5.41) is 11.3. The number of pyridine rings is 1. The molecule has 30 heavy (non-hydrogen) atoms. The van der Waals surface area contributed by atoms with Crippen LogP contribution in [0.2, 0.25) is 0 Å². The van der Waals surface area contributed by atoms with Gasteiger partial charge in [0, 0.05) is 47.1 Å². The monoisotopic (exact) mass is 400 g/mol. The normalized spacial score (nSPS) is 18.3. The minimum absolute atomic E-state index is 0.0783. The van der Waals surface area contributed by atoms with Crippen molar-refractivity contribution in [2.45, 2.75) is 44.4 Å².